The zero-order valence-corrected chi connectivity index (χ0v) is 14.2. The van der Waals surface area contributed by atoms with Crippen LogP contribution in [0.25, 0.3) is 0 Å². The fourth-order valence-corrected chi connectivity index (χ4v) is 2.78. The van der Waals surface area contributed by atoms with Gasteiger partial charge in [0.2, 0.25) is 0 Å². The van der Waals surface area contributed by atoms with Gasteiger partial charge in [-0.3, -0.25) is 0 Å². The zero-order chi connectivity index (χ0) is 15.5. The summed E-state index contributed by atoms with van der Waals surface area (Å²) in [6.45, 7) is 0.324. The van der Waals surface area contributed by atoms with Crippen LogP contribution in [0.1, 0.15) is 5.56 Å². The SMILES string of the molecule is COc1ccc(Br)c(COc2ccc(S(=O)(=O)Cl)cc2)c1. The first-order valence-electron chi connectivity index (χ1n) is 5.90. The Morgan fingerprint density at radius 2 is 1.71 bits per heavy atom. The fraction of sp³-hybridized carbons (Fsp3) is 0.143. The van der Waals surface area contributed by atoms with Crippen LogP contribution in [-0.2, 0) is 15.7 Å². The van der Waals surface area contributed by atoms with E-state index in [-0.39, 0.29) is 4.90 Å². The number of methoxy groups -OCH3 is 1. The van der Waals surface area contributed by atoms with Crippen molar-refractivity contribution in [2.45, 2.75) is 11.5 Å². The van der Waals surface area contributed by atoms with Crippen LogP contribution in [0.5, 0.6) is 11.5 Å². The molecule has 2 aromatic rings. The molecule has 0 fully saturated rings. The maximum absolute atomic E-state index is 11.1. The summed E-state index contributed by atoms with van der Waals surface area (Å²) in [5.74, 6) is 1.29. The molecule has 21 heavy (non-hydrogen) atoms. The van der Waals surface area contributed by atoms with E-state index in [9.17, 15) is 8.42 Å². The second-order valence-corrected chi connectivity index (χ2v) is 7.58. The summed E-state index contributed by atoms with van der Waals surface area (Å²) in [6, 6.07) is 11.5. The maximum atomic E-state index is 11.1. The highest BCUT2D eigenvalue weighted by Crippen LogP contribution is 2.25. The molecule has 2 rings (SSSR count). The van der Waals surface area contributed by atoms with Crippen LogP contribution in [0.15, 0.2) is 51.8 Å². The Labute approximate surface area is 136 Å². The van der Waals surface area contributed by atoms with E-state index in [1.165, 1.54) is 12.1 Å². The highest BCUT2D eigenvalue weighted by Gasteiger charge is 2.09. The molecule has 0 spiro atoms. The summed E-state index contributed by atoms with van der Waals surface area (Å²) in [5, 5.41) is 0. The topological polar surface area (TPSA) is 52.6 Å². The van der Waals surface area contributed by atoms with E-state index in [1.54, 1.807) is 19.2 Å². The van der Waals surface area contributed by atoms with Crippen molar-refractivity contribution < 1.29 is 17.9 Å². The number of hydrogen-bond donors (Lipinski definition) is 0. The van der Waals surface area contributed by atoms with Crippen molar-refractivity contribution in [2.75, 3.05) is 7.11 Å². The molecule has 112 valence electrons. The molecule has 0 amide bonds. The van der Waals surface area contributed by atoms with Crippen LogP contribution in [0.3, 0.4) is 0 Å². The van der Waals surface area contributed by atoms with Crippen molar-refractivity contribution in [3.8, 4) is 11.5 Å². The molecule has 0 aliphatic rings. The lowest BCUT2D eigenvalue weighted by molar-refractivity contribution is 0.304. The number of benzene rings is 2. The first-order valence-corrected chi connectivity index (χ1v) is 9.00. The van der Waals surface area contributed by atoms with Gasteiger partial charge in [-0.2, -0.15) is 0 Å². The molecule has 0 radical (unpaired) electrons. The summed E-state index contributed by atoms with van der Waals surface area (Å²) in [4.78, 5) is 0.0408. The Balaban J connectivity index is 2.10. The number of rotatable bonds is 5. The van der Waals surface area contributed by atoms with Crippen molar-refractivity contribution in [2.24, 2.45) is 0 Å². The molecule has 0 unspecified atom stereocenters. The third-order valence-electron chi connectivity index (χ3n) is 2.75. The van der Waals surface area contributed by atoms with Gasteiger partial charge in [-0.05, 0) is 42.5 Å². The molecule has 0 saturated heterocycles. The van der Waals surface area contributed by atoms with Crippen molar-refractivity contribution >= 4 is 35.7 Å². The van der Waals surface area contributed by atoms with Gasteiger partial charge in [0.05, 0.1) is 12.0 Å². The Morgan fingerprint density at radius 1 is 1.10 bits per heavy atom. The Hall–Kier alpha value is -1.24. The highest BCUT2D eigenvalue weighted by molar-refractivity contribution is 9.10. The lowest BCUT2D eigenvalue weighted by Crippen LogP contribution is -1.98. The lowest BCUT2D eigenvalue weighted by atomic mass is 10.2. The van der Waals surface area contributed by atoms with Gasteiger partial charge in [0.15, 0.2) is 0 Å². The second-order valence-electron chi connectivity index (χ2n) is 4.16. The standard InChI is InChI=1S/C14H12BrClO4S/c1-19-12-4-7-14(15)10(8-12)9-20-11-2-5-13(6-3-11)21(16,17)18/h2-8H,9H2,1H3. The molecule has 0 saturated carbocycles. The Kier molecular flexibility index (Phi) is 5.13. The Morgan fingerprint density at radius 3 is 2.29 bits per heavy atom. The van der Waals surface area contributed by atoms with E-state index >= 15 is 0 Å². The largest absolute Gasteiger partial charge is 0.497 e. The van der Waals surface area contributed by atoms with E-state index in [4.69, 9.17) is 20.2 Å². The smallest absolute Gasteiger partial charge is 0.261 e. The molecular formula is C14H12BrClO4S. The van der Waals surface area contributed by atoms with Gasteiger partial charge in [0.25, 0.3) is 9.05 Å². The molecule has 0 atom stereocenters. The van der Waals surface area contributed by atoms with Gasteiger partial charge >= 0.3 is 0 Å². The maximum Gasteiger partial charge on any atom is 0.261 e. The van der Waals surface area contributed by atoms with Crippen LogP contribution >= 0.6 is 26.6 Å². The van der Waals surface area contributed by atoms with Crippen molar-refractivity contribution in [1.29, 1.82) is 0 Å². The van der Waals surface area contributed by atoms with Gasteiger partial charge in [0, 0.05) is 20.7 Å². The molecule has 0 bridgehead atoms. The third-order valence-corrected chi connectivity index (χ3v) is 4.90. The third kappa shape index (κ3) is 4.36. The van der Waals surface area contributed by atoms with Gasteiger partial charge in [0.1, 0.15) is 18.1 Å². The monoisotopic (exact) mass is 390 g/mol. The Bertz CT molecular complexity index is 729. The van der Waals surface area contributed by atoms with Crippen LogP contribution in [-0.4, -0.2) is 15.5 Å². The van der Waals surface area contributed by atoms with E-state index in [0.717, 1.165) is 15.8 Å². The first-order chi connectivity index (χ1) is 9.90. The van der Waals surface area contributed by atoms with Crippen molar-refractivity contribution in [3.63, 3.8) is 0 Å². The molecule has 0 aliphatic heterocycles. The average molecular weight is 392 g/mol. The van der Waals surface area contributed by atoms with Gasteiger partial charge in [-0.15, -0.1) is 0 Å². The fourth-order valence-electron chi connectivity index (χ4n) is 1.65. The van der Waals surface area contributed by atoms with Crippen LogP contribution < -0.4 is 9.47 Å². The molecule has 0 aromatic heterocycles. The minimum Gasteiger partial charge on any atom is -0.497 e. The molecular weight excluding hydrogens is 380 g/mol. The average Bonchev–Trinajstić information content (AvgIpc) is 2.46. The van der Waals surface area contributed by atoms with Crippen molar-refractivity contribution in [3.05, 3.63) is 52.5 Å². The number of ether oxygens (including phenoxy) is 2. The predicted octanol–water partition coefficient (Wildman–Crippen LogP) is 3.96. The molecule has 7 heteroatoms. The van der Waals surface area contributed by atoms with E-state index in [0.29, 0.717) is 12.4 Å². The van der Waals surface area contributed by atoms with E-state index in [2.05, 4.69) is 15.9 Å². The number of halogens is 2. The summed E-state index contributed by atoms with van der Waals surface area (Å²) < 4.78 is 34.0. The quantitative estimate of drug-likeness (QED) is 0.724. The normalized spacial score (nSPS) is 11.2. The lowest BCUT2D eigenvalue weighted by Gasteiger charge is -2.10. The first kappa shape index (κ1) is 16.1. The van der Waals surface area contributed by atoms with Crippen LogP contribution in [0, 0.1) is 0 Å². The van der Waals surface area contributed by atoms with E-state index in [1.807, 2.05) is 18.2 Å². The van der Waals surface area contributed by atoms with Gasteiger partial charge < -0.3 is 9.47 Å². The van der Waals surface area contributed by atoms with E-state index < -0.39 is 9.05 Å². The van der Waals surface area contributed by atoms with Gasteiger partial charge in [-0.1, -0.05) is 15.9 Å². The summed E-state index contributed by atoms with van der Waals surface area (Å²) in [6.07, 6.45) is 0. The number of hydrogen-bond acceptors (Lipinski definition) is 4. The minimum absolute atomic E-state index is 0.0408. The molecule has 0 aliphatic carbocycles. The molecule has 4 nitrogen and oxygen atoms in total. The van der Waals surface area contributed by atoms with Crippen molar-refractivity contribution in [1.82, 2.24) is 0 Å². The second kappa shape index (κ2) is 6.68. The molecule has 0 heterocycles. The highest BCUT2D eigenvalue weighted by atomic mass is 79.9. The van der Waals surface area contributed by atoms with Gasteiger partial charge in [-0.25, -0.2) is 8.42 Å². The predicted molar refractivity (Wildman–Crippen MR) is 84.5 cm³/mol. The van der Waals surface area contributed by atoms with Crippen LogP contribution in [0.4, 0.5) is 0 Å². The van der Waals surface area contributed by atoms with Crippen LogP contribution in [0.2, 0.25) is 0 Å². The molecule has 0 N–H and O–H groups in total. The minimum atomic E-state index is -3.71. The summed E-state index contributed by atoms with van der Waals surface area (Å²) >= 11 is 3.44. The summed E-state index contributed by atoms with van der Waals surface area (Å²) in [5.41, 5.74) is 0.920. The molecule has 2 aromatic carbocycles. The summed E-state index contributed by atoms with van der Waals surface area (Å²) in [7, 11) is 3.14. The zero-order valence-electron chi connectivity index (χ0n) is 11.0.